The summed E-state index contributed by atoms with van der Waals surface area (Å²) in [6, 6.07) is 3.69. The number of carbonyl (C=O) groups is 1. The molecular formula is C16H26N2O3. The monoisotopic (exact) mass is 294 g/mol. The first-order valence-electron chi connectivity index (χ1n) is 7.29. The number of hydrogen-bond acceptors (Lipinski definition) is 4. The second-order valence-corrected chi connectivity index (χ2v) is 6.41. The van der Waals surface area contributed by atoms with Crippen LogP contribution in [0.1, 0.15) is 52.0 Å². The Morgan fingerprint density at radius 1 is 1.43 bits per heavy atom. The summed E-state index contributed by atoms with van der Waals surface area (Å²) in [4.78, 5) is 15.9. The fourth-order valence-electron chi connectivity index (χ4n) is 1.88. The Hall–Kier alpha value is -1.62. The van der Waals surface area contributed by atoms with Gasteiger partial charge >= 0.3 is 6.09 Å². The third-order valence-corrected chi connectivity index (χ3v) is 2.91. The number of ether oxygens (including phenoxy) is 1. The summed E-state index contributed by atoms with van der Waals surface area (Å²) in [5.74, 6) is 0.117. The molecule has 5 nitrogen and oxygen atoms in total. The molecule has 1 heterocycles. The molecule has 0 fully saturated rings. The predicted molar refractivity (Wildman–Crippen MR) is 82.0 cm³/mol. The van der Waals surface area contributed by atoms with Crippen molar-refractivity contribution in [2.75, 3.05) is 6.54 Å². The highest BCUT2D eigenvalue weighted by Crippen LogP contribution is 2.23. The first-order valence-corrected chi connectivity index (χ1v) is 7.29. The average Bonchev–Trinajstić information content (AvgIpc) is 2.36. The number of carbonyl (C=O) groups excluding carboxylic acids is 1. The normalized spacial score (nSPS) is 13.1. The Morgan fingerprint density at radius 2 is 2.10 bits per heavy atom. The van der Waals surface area contributed by atoms with Crippen molar-refractivity contribution in [3.63, 3.8) is 0 Å². The molecule has 0 radical (unpaired) electrons. The minimum Gasteiger partial charge on any atom is -0.444 e. The zero-order chi connectivity index (χ0) is 16.0. The Bertz CT molecular complexity index is 467. The number of aliphatic hydroxyl groups is 1. The first-order chi connectivity index (χ1) is 9.70. The van der Waals surface area contributed by atoms with Crippen LogP contribution < -0.4 is 5.32 Å². The summed E-state index contributed by atoms with van der Waals surface area (Å²) in [5.41, 5.74) is 1.11. The van der Waals surface area contributed by atoms with Crippen molar-refractivity contribution in [2.24, 2.45) is 5.92 Å². The maximum atomic E-state index is 11.6. The highest BCUT2D eigenvalue weighted by Gasteiger charge is 2.18. The molecule has 1 unspecified atom stereocenters. The smallest absolute Gasteiger partial charge is 0.407 e. The number of hydrogen-bond donors (Lipinski definition) is 2. The van der Waals surface area contributed by atoms with E-state index in [1.165, 1.54) is 0 Å². The standard InChI is InChI=1S/C16H26N2O3/c1-11(2)14(19)12-7-6-9-17-13(12)8-10-18-15(20)21-16(3,4)5/h6-7,9,11,14,19H,8,10H2,1-5H3,(H,18,20). The fourth-order valence-corrected chi connectivity index (χ4v) is 1.88. The van der Waals surface area contributed by atoms with Gasteiger partial charge in [-0.05, 0) is 32.8 Å². The minimum atomic E-state index is -0.546. The van der Waals surface area contributed by atoms with Crippen LogP contribution >= 0.6 is 0 Å². The van der Waals surface area contributed by atoms with E-state index in [0.29, 0.717) is 13.0 Å². The quantitative estimate of drug-likeness (QED) is 0.876. The molecule has 21 heavy (non-hydrogen) atoms. The van der Waals surface area contributed by atoms with Crippen LogP contribution in [0.5, 0.6) is 0 Å². The van der Waals surface area contributed by atoms with E-state index in [2.05, 4.69) is 10.3 Å². The predicted octanol–water partition coefficient (Wildman–Crippen LogP) is 2.84. The van der Waals surface area contributed by atoms with Gasteiger partial charge in [-0.15, -0.1) is 0 Å². The number of aromatic nitrogens is 1. The van der Waals surface area contributed by atoms with Crippen LogP contribution in [0.4, 0.5) is 4.79 Å². The van der Waals surface area contributed by atoms with E-state index >= 15 is 0 Å². The van der Waals surface area contributed by atoms with Gasteiger partial charge in [-0.25, -0.2) is 4.79 Å². The van der Waals surface area contributed by atoms with E-state index in [9.17, 15) is 9.90 Å². The van der Waals surface area contributed by atoms with Gasteiger partial charge in [0.15, 0.2) is 0 Å². The molecule has 1 rings (SSSR count). The fraction of sp³-hybridized carbons (Fsp3) is 0.625. The van der Waals surface area contributed by atoms with Gasteiger partial charge in [-0.2, -0.15) is 0 Å². The molecule has 0 aromatic carbocycles. The zero-order valence-electron chi connectivity index (χ0n) is 13.5. The third-order valence-electron chi connectivity index (χ3n) is 2.91. The Kier molecular flexibility index (Phi) is 6.15. The van der Waals surface area contributed by atoms with Crippen molar-refractivity contribution in [1.82, 2.24) is 10.3 Å². The van der Waals surface area contributed by atoms with Crippen LogP contribution in [0.15, 0.2) is 18.3 Å². The summed E-state index contributed by atoms with van der Waals surface area (Å²) < 4.78 is 5.17. The molecule has 118 valence electrons. The lowest BCUT2D eigenvalue weighted by Gasteiger charge is -2.20. The van der Waals surface area contributed by atoms with E-state index in [1.54, 1.807) is 6.20 Å². The molecule has 1 aromatic heterocycles. The molecule has 0 saturated heterocycles. The molecule has 5 heteroatoms. The van der Waals surface area contributed by atoms with Gasteiger partial charge in [-0.1, -0.05) is 19.9 Å². The van der Waals surface area contributed by atoms with Crippen molar-refractivity contribution < 1.29 is 14.6 Å². The lowest BCUT2D eigenvalue weighted by atomic mass is 9.97. The summed E-state index contributed by atoms with van der Waals surface area (Å²) in [5, 5.41) is 12.9. The number of alkyl carbamates (subject to hydrolysis) is 1. The van der Waals surface area contributed by atoms with Gasteiger partial charge in [-0.3, -0.25) is 4.98 Å². The molecule has 1 aromatic rings. The number of rotatable bonds is 5. The van der Waals surface area contributed by atoms with Gasteiger partial charge in [0, 0.05) is 30.4 Å². The first kappa shape index (κ1) is 17.4. The molecule has 2 N–H and O–H groups in total. The minimum absolute atomic E-state index is 0.117. The van der Waals surface area contributed by atoms with E-state index in [4.69, 9.17) is 4.74 Å². The van der Waals surface area contributed by atoms with Gasteiger partial charge in [0.2, 0.25) is 0 Å². The highest BCUT2D eigenvalue weighted by atomic mass is 16.6. The molecule has 1 atom stereocenters. The van der Waals surface area contributed by atoms with Crippen LogP contribution in [-0.2, 0) is 11.2 Å². The SMILES string of the molecule is CC(C)C(O)c1cccnc1CCNC(=O)OC(C)(C)C. The van der Waals surface area contributed by atoms with Crippen molar-refractivity contribution >= 4 is 6.09 Å². The average molecular weight is 294 g/mol. The van der Waals surface area contributed by atoms with Crippen LogP contribution in [0, 0.1) is 5.92 Å². The van der Waals surface area contributed by atoms with Crippen molar-refractivity contribution in [3.05, 3.63) is 29.6 Å². The van der Waals surface area contributed by atoms with Gasteiger partial charge in [0.1, 0.15) is 5.60 Å². The molecular weight excluding hydrogens is 268 g/mol. The van der Waals surface area contributed by atoms with E-state index < -0.39 is 17.8 Å². The topological polar surface area (TPSA) is 71.5 Å². The summed E-state index contributed by atoms with van der Waals surface area (Å²) in [6.07, 6.45) is 1.26. The maximum absolute atomic E-state index is 11.6. The van der Waals surface area contributed by atoms with Crippen LogP contribution in [-0.4, -0.2) is 28.3 Å². The summed E-state index contributed by atoms with van der Waals surface area (Å²) >= 11 is 0. The van der Waals surface area contributed by atoms with Crippen LogP contribution in [0.2, 0.25) is 0 Å². The molecule has 1 amide bonds. The van der Waals surface area contributed by atoms with Crippen LogP contribution in [0.25, 0.3) is 0 Å². The Labute approximate surface area is 126 Å². The number of nitrogens with one attached hydrogen (secondary N) is 1. The van der Waals surface area contributed by atoms with Crippen LogP contribution in [0.3, 0.4) is 0 Å². The maximum Gasteiger partial charge on any atom is 0.407 e. The summed E-state index contributed by atoms with van der Waals surface area (Å²) in [6.45, 7) is 9.80. The van der Waals surface area contributed by atoms with Crippen molar-refractivity contribution in [2.45, 2.75) is 52.7 Å². The Morgan fingerprint density at radius 3 is 2.67 bits per heavy atom. The second-order valence-electron chi connectivity index (χ2n) is 6.41. The largest absolute Gasteiger partial charge is 0.444 e. The number of nitrogens with zero attached hydrogens (tertiary/aromatic N) is 1. The van der Waals surface area contributed by atoms with Crippen molar-refractivity contribution in [1.29, 1.82) is 0 Å². The van der Waals surface area contributed by atoms with Crippen molar-refractivity contribution in [3.8, 4) is 0 Å². The van der Waals surface area contributed by atoms with Gasteiger partial charge in [0.05, 0.1) is 6.10 Å². The molecule has 0 saturated carbocycles. The van der Waals surface area contributed by atoms with E-state index in [1.807, 2.05) is 46.8 Å². The number of aliphatic hydroxyl groups excluding tert-OH is 1. The Balaban J connectivity index is 2.58. The van der Waals surface area contributed by atoms with Gasteiger partial charge < -0.3 is 15.2 Å². The van der Waals surface area contributed by atoms with E-state index in [0.717, 1.165) is 11.3 Å². The molecule has 0 aliphatic rings. The molecule has 0 aliphatic carbocycles. The molecule has 0 aliphatic heterocycles. The third kappa shape index (κ3) is 6.12. The van der Waals surface area contributed by atoms with E-state index in [-0.39, 0.29) is 5.92 Å². The number of amides is 1. The van der Waals surface area contributed by atoms with Gasteiger partial charge in [0.25, 0.3) is 0 Å². The molecule has 0 bridgehead atoms. The highest BCUT2D eigenvalue weighted by molar-refractivity contribution is 5.67. The second kappa shape index (κ2) is 7.41. The lowest BCUT2D eigenvalue weighted by molar-refractivity contribution is 0.0528. The lowest BCUT2D eigenvalue weighted by Crippen LogP contribution is -2.33. The molecule has 0 spiro atoms. The zero-order valence-corrected chi connectivity index (χ0v) is 13.5. The summed E-state index contributed by atoms with van der Waals surface area (Å²) in [7, 11) is 0. The number of pyridine rings is 1.